The number of carbonyl (C=O) groups excluding carboxylic acids is 1. The van der Waals surface area contributed by atoms with E-state index >= 15 is 0 Å². The van der Waals surface area contributed by atoms with Crippen LogP contribution in [0, 0.1) is 0 Å². The number of nitrogens with two attached hydrogens (primary N) is 1. The molecule has 0 aliphatic carbocycles. The molecule has 1 aromatic rings. The molecule has 3 saturated heterocycles. The summed E-state index contributed by atoms with van der Waals surface area (Å²) in [5, 5.41) is 37.2. The molecule has 1 aromatic carbocycles. The number of carbonyl (C=O) groups is 1. The summed E-state index contributed by atoms with van der Waals surface area (Å²) in [7, 11) is 1.94. The van der Waals surface area contributed by atoms with Crippen LogP contribution in [-0.4, -0.2) is 108 Å². The van der Waals surface area contributed by atoms with E-state index in [-0.39, 0.29) is 35.9 Å². The summed E-state index contributed by atoms with van der Waals surface area (Å²) in [4.78, 5) is 16.5. The molecule has 12 nitrogen and oxygen atoms in total. The molecule has 3 fully saturated rings. The van der Waals surface area contributed by atoms with E-state index in [4.69, 9.17) is 10.5 Å². The molecule has 3 aliphatic rings. The third-order valence-corrected chi connectivity index (χ3v) is 7.73. The molecule has 9 N–H and O–H groups in total. The Morgan fingerprint density at radius 3 is 2.61 bits per heavy atom. The summed E-state index contributed by atoms with van der Waals surface area (Å²) in [5.74, 6) is 0. The topological polar surface area (TPSA) is 159 Å². The Bertz CT molecular complexity index is 929. The van der Waals surface area contributed by atoms with E-state index in [9.17, 15) is 15.0 Å². The third kappa shape index (κ3) is 6.82. The lowest BCUT2D eigenvalue weighted by Crippen LogP contribution is -2.68. The van der Waals surface area contributed by atoms with Crippen LogP contribution < -0.4 is 32.3 Å². The molecular formula is C26H46N8O4. The predicted octanol–water partition coefficient (Wildman–Crippen LogP) is -0.745. The number of rotatable bonds is 8. The second-order valence-electron chi connectivity index (χ2n) is 11.9. The van der Waals surface area contributed by atoms with Gasteiger partial charge in [0, 0.05) is 24.9 Å². The lowest BCUT2D eigenvalue weighted by Gasteiger charge is -2.38. The number of anilines is 1. The first kappa shape index (κ1) is 29.1. The average molecular weight is 535 g/mol. The summed E-state index contributed by atoms with van der Waals surface area (Å²) in [6.07, 6.45) is -2.77. The predicted molar refractivity (Wildman–Crippen MR) is 146 cm³/mol. The van der Waals surface area contributed by atoms with Crippen molar-refractivity contribution in [2.45, 2.75) is 88.5 Å². The molecule has 2 amide bonds. The highest BCUT2D eigenvalue weighted by Gasteiger charge is 2.51. The first-order valence-corrected chi connectivity index (χ1v) is 13.5. The zero-order chi connectivity index (χ0) is 27.6. The number of aliphatic hydroxyl groups excluding tert-OH is 2. The fourth-order valence-electron chi connectivity index (χ4n) is 5.33. The number of nitrogens with one attached hydrogen (secondary N) is 5. The van der Waals surface area contributed by atoms with E-state index in [1.807, 2.05) is 48.0 Å². The summed E-state index contributed by atoms with van der Waals surface area (Å²) in [6.45, 7) is 10.6. The maximum Gasteiger partial charge on any atom is 0.319 e. The number of ether oxygens (including phenoxy) is 1. The number of fused-ring (bicyclic) bond motifs is 1. The Morgan fingerprint density at radius 2 is 1.92 bits per heavy atom. The summed E-state index contributed by atoms with van der Waals surface area (Å²) in [5.41, 5.74) is 8.18. The van der Waals surface area contributed by atoms with Crippen molar-refractivity contribution in [2.24, 2.45) is 5.73 Å². The SMILES string of the molecule is C[C@H](CCN(C)C[C@H]1O[C@@H](N2CNC3C(N)NCNC32)[C@H](O)[C@@H]1O)NC(=O)Nc1ccc(C(C)(C)C)cc1. The van der Waals surface area contributed by atoms with Crippen LogP contribution in [-0.2, 0) is 10.2 Å². The fraction of sp³-hybridized carbons (Fsp3) is 0.731. The van der Waals surface area contributed by atoms with E-state index < -0.39 is 24.5 Å². The number of urea groups is 1. The van der Waals surface area contributed by atoms with Crippen molar-refractivity contribution in [3.05, 3.63) is 29.8 Å². The summed E-state index contributed by atoms with van der Waals surface area (Å²) >= 11 is 0. The van der Waals surface area contributed by atoms with E-state index in [0.29, 0.717) is 26.4 Å². The van der Waals surface area contributed by atoms with E-state index in [1.54, 1.807) is 0 Å². The highest BCUT2D eigenvalue weighted by atomic mass is 16.6. The molecule has 0 saturated carbocycles. The largest absolute Gasteiger partial charge is 0.387 e. The molecule has 3 heterocycles. The second kappa shape index (κ2) is 12.1. The third-order valence-electron chi connectivity index (χ3n) is 7.73. The van der Waals surface area contributed by atoms with Crippen LogP contribution >= 0.6 is 0 Å². The van der Waals surface area contributed by atoms with Crippen molar-refractivity contribution in [3.8, 4) is 0 Å². The first-order chi connectivity index (χ1) is 17.9. The Kier molecular flexibility index (Phi) is 9.28. The molecule has 0 bridgehead atoms. The Balaban J connectivity index is 1.20. The van der Waals surface area contributed by atoms with Crippen molar-refractivity contribution in [2.75, 3.05) is 38.8 Å². The monoisotopic (exact) mass is 534 g/mol. The van der Waals surface area contributed by atoms with Gasteiger partial charge in [-0.25, -0.2) is 9.69 Å². The van der Waals surface area contributed by atoms with Crippen molar-refractivity contribution >= 4 is 11.7 Å². The Labute approximate surface area is 225 Å². The van der Waals surface area contributed by atoms with Crippen molar-refractivity contribution < 1.29 is 19.7 Å². The number of benzene rings is 1. The van der Waals surface area contributed by atoms with E-state index in [2.05, 4.69) is 47.4 Å². The van der Waals surface area contributed by atoms with Gasteiger partial charge in [0.2, 0.25) is 0 Å². The molecule has 0 aromatic heterocycles. The van der Waals surface area contributed by atoms with Crippen LogP contribution in [0.2, 0.25) is 0 Å². The van der Waals surface area contributed by atoms with Crippen LogP contribution in [0.1, 0.15) is 39.7 Å². The fourth-order valence-corrected chi connectivity index (χ4v) is 5.33. The van der Waals surface area contributed by atoms with Gasteiger partial charge in [0.25, 0.3) is 0 Å². The lowest BCUT2D eigenvalue weighted by molar-refractivity contribution is -0.106. The maximum absolute atomic E-state index is 12.4. The van der Waals surface area contributed by atoms with Crippen molar-refractivity contribution in [1.29, 1.82) is 0 Å². The van der Waals surface area contributed by atoms with Crippen molar-refractivity contribution in [3.63, 3.8) is 0 Å². The van der Waals surface area contributed by atoms with Gasteiger partial charge in [0.05, 0.1) is 25.0 Å². The number of aliphatic hydroxyl groups is 2. The molecule has 38 heavy (non-hydrogen) atoms. The minimum absolute atomic E-state index is 0.0209. The van der Waals surface area contributed by atoms with Crippen LogP contribution in [0.15, 0.2) is 24.3 Å². The Morgan fingerprint density at radius 1 is 1.21 bits per heavy atom. The van der Waals surface area contributed by atoms with E-state index in [0.717, 1.165) is 12.1 Å². The zero-order valence-corrected chi connectivity index (χ0v) is 23.1. The number of hydrogen-bond donors (Lipinski definition) is 8. The molecule has 8 atom stereocenters. The van der Waals surface area contributed by atoms with Crippen LogP contribution in [0.5, 0.6) is 0 Å². The minimum Gasteiger partial charge on any atom is -0.387 e. The van der Waals surface area contributed by atoms with Gasteiger partial charge in [-0.2, -0.15) is 0 Å². The normalized spacial score (nSPS) is 32.8. The summed E-state index contributed by atoms with van der Waals surface area (Å²) < 4.78 is 6.16. The van der Waals surface area contributed by atoms with Crippen LogP contribution in [0.4, 0.5) is 10.5 Å². The molecule has 214 valence electrons. The van der Waals surface area contributed by atoms with Gasteiger partial charge in [0.1, 0.15) is 24.5 Å². The van der Waals surface area contributed by atoms with Gasteiger partial charge in [0.15, 0.2) is 0 Å². The first-order valence-electron chi connectivity index (χ1n) is 13.5. The molecule has 3 unspecified atom stereocenters. The standard InChI is InChI=1S/C26H46N8O4/c1-15(31-25(37)32-17-8-6-16(7-9-17)26(2,3)4)10-11-33(5)12-18-20(35)21(36)24(38-18)34-14-30-19-22(27)28-13-29-23(19)34/h6-9,15,18-24,28-30,35-36H,10-14,27H2,1-5H3,(H2,31,32,37)/t15-,18-,19?,20-,21-,22?,23?,24-/m1/s1. The molecule has 12 heteroatoms. The highest BCUT2D eigenvalue weighted by Crippen LogP contribution is 2.29. The minimum atomic E-state index is -1.02. The highest BCUT2D eigenvalue weighted by molar-refractivity contribution is 5.89. The average Bonchev–Trinajstić information content (AvgIpc) is 3.40. The van der Waals surface area contributed by atoms with Crippen molar-refractivity contribution in [1.82, 2.24) is 31.1 Å². The molecule has 4 rings (SSSR count). The quantitative estimate of drug-likeness (QED) is 0.213. The zero-order valence-electron chi connectivity index (χ0n) is 23.1. The number of amides is 2. The molecule has 0 spiro atoms. The van der Waals surface area contributed by atoms with Gasteiger partial charge in [-0.1, -0.05) is 32.9 Å². The smallest absolute Gasteiger partial charge is 0.319 e. The van der Waals surface area contributed by atoms with Gasteiger partial charge in [-0.3, -0.25) is 16.0 Å². The van der Waals surface area contributed by atoms with Crippen LogP contribution in [0.3, 0.4) is 0 Å². The van der Waals surface area contributed by atoms with Crippen LogP contribution in [0.25, 0.3) is 0 Å². The molecule has 3 aliphatic heterocycles. The van der Waals surface area contributed by atoms with Gasteiger partial charge >= 0.3 is 6.03 Å². The lowest BCUT2D eigenvalue weighted by atomic mass is 9.87. The number of likely N-dealkylation sites (N-methyl/N-ethyl adjacent to an activating group) is 1. The number of hydrogen-bond acceptors (Lipinski definition) is 10. The van der Waals surface area contributed by atoms with Gasteiger partial charge in [-0.05, 0) is 50.0 Å². The maximum atomic E-state index is 12.4. The summed E-state index contributed by atoms with van der Waals surface area (Å²) in [6, 6.07) is 7.58. The Hall–Kier alpha value is -1.87. The van der Waals surface area contributed by atoms with E-state index in [1.165, 1.54) is 5.56 Å². The molecule has 0 radical (unpaired) electrons. The second-order valence-corrected chi connectivity index (χ2v) is 11.9. The number of nitrogens with zero attached hydrogens (tertiary/aromatic N) is 2. The van der Waals surface area contributed by atoms with Gasteiger partial charge < -0.3 is 36.2 Å². The van der Waals surface area contributed by atoms with Gasteiger partial charge in [-0.15, -0.1) is 0 Å². The molecular weight excluding hydrogens is 488 g/mol.